The monoisotopic (exact) mass is 472 g/mol. The van der Waals surface area contributed by atoms with Crippen LogP contribution in [0.4, 0.5) is 8.78 Å². The Morgan fingerprint density at radius 3 is 2.56 bits per heavy atom. The average Bonchev–Trinajstić information content (AvgIpc) is 3.12. The van der Waals surface area contributed by atoms with E-state index in [0.29, 0.717) is 16.0 Å². The molecule has 2 atom stereocenters. The van der Waals surface area contributed by atoms with Gasteiger partial charge in [0.25, 0.3) is 23.4 Å². The number of amides is 4. The van der Waals surface area contributed by atoms with E-state index < -0.39 is 47.7 Å². The molecule has 0 radical (unpaired) electrons. The van der Waals surface area contributed by atoms with E-state index in [2.05, 4.69) is 20.7 Å². The summed E-state index contributed by atoms with van der Waals surface area (Å²) in [5, 5.41) is 3.02. The molecule has 13 heteroatoms. The fourth-order valence-electron chi connectivity index (χ4n) is 2.79. The first-order valence-electron chi connectivity index (χ1n) is 9.62. The van der Waals surface area contributed by atoms with Gasteiger partial charge in [0, 0.05) is 6.42 Å². The molecule has 1 aromatic heterocycles. The van der Waals surface area contributed by atoms with E-state index in [9.17, 15) is 28.0 Å². The van der Waals surface area contributed by atoms with Crippen molar-refractivity contribution < 1.29 is 28.0 Å². The van der Waals surface area contributed by atoms with Gasteiger partial charge in [-0.3, -0.25) is 24.6 Å². The maximum atomic E-state index is 13.4. The Morgan fingerprint density at radius 2 is 1.97 bits per heavy atom. The number of alkyl halides is 2. The largest absolute Gasteiger partial charge is 0.370 e. The second-order valence-corrected chi connectivity index (χ2v) is 7.77. The van der Waals surface area contributed by atoms with Gasteiger partial charge in [0.05, 0.1) is 17.6 Å². The Hall–Kier alpha value is -3.28. The number of aromatic nitrogens is 2. The van der Waals surface area contributed by atoms with Gasteiger partial charge >= 0.3 is 0 Å². The number of nitrogens with two attached hydrogens (primary N) is 1. The maximum Gasteiger partial charge on any atom is 0.291 e. The highest BCUT2D eigenvalue weighted by molar-refractivity contribution is 6.29. The first-order valence-corrected chi connectivity index (χ1v) is 10.1. The van der Waals surface area contributed by atoms with E-state index in [1.54, 1.807) is 13.8 Å². The lowest BCUT2D eigenvalue weighted by molar-refractivity contribution is -0.144. The van der Waals surface area contributed by atoms with Crippen LogP contribution < -0.4 is 16.5 Å². The van der Waals surface area contributed by atoms with Gasteiger partial charge in [-0.2, -0.15) is 0 Å². The predicted octanol–water partition coefficient (Wildman–Crippen LogP) is 1.12. The average molecular weight is 473 g/mol. The summed E-state index contributed by atoms with van der Waals surface area (Å²) in [4.78, 5) is 55.1. The van der Waals surface area contributed by atoms with Crippen LogP contribution >= 0.6 is 11.6 Å². The van der Waals surface area contributed by atoms with Crippen molar-refractivity contribution in [3.05, 3.63) is 29.8 Å². The quantitative estimate of drug-likeness (QED) is 0.318. The van der Waals surface area contributed by atoms with Gasteiger partial charge in [-0.05, 0) is 30.5 Å². The molecule has 0 spiro atoms. The van der Waals surface area contributed by atoms with Crippen LogP contribution in [0.1, 0.15) is 37.3 Å². The Balaban J connectivity index is 2.18. The number of primary amides is 1. The zero-order chi connectivity index (χ0) is 24.0. The Labute approximate surface area is 186 Å². The number of imidazole rings is 1. The molecular formula is C19H23ClF2N6O4. The summed E-state index contributed by atoms with van der Waals surface area (Å²) >= 11 is 5.17. The number of hydrazine groups is 1. The number of carbonyl (C=O) groups excluding carboxylic acids is 4. The lowest BCUT2D eigenvalue weighted by atomic mass is 10.0. The third-order valence-corrected chi connectivity index (χ3v) is 4.45. The molecule has 1 unspecified atom stereocenters. The first kappa shape index (κ1) is 25.0. The minimum Gasteiger partial charge on any atom is -0.370 e. The number of fused-ring (bicyclic) bond motifs is 1. The van der Waals surface area contributed by atoms with E-state index in [1.165, 1.54) is 18.2 Å². The van der Waals surface area contributed by atoms with Gasteiger partial charge in [0.2, 0.25) is 5.91 Å². The third kappa shape index (κ3) is 6.87. The summed E-state index contributed by atoms with van der Waals surface area (Å²) in [6.07, 6.45) is -0.198. The van der Waals surface area contributed by atoms with Gasteiger partial charge in [-0.1, -0.05) is 25.4 Å². The molecule has 5 N–H and O–H groups in total. The number of carbonyl (C=O) groups is 4. The number of hydrogen-bond donors (Lipinski definition) is 4. The molecule has 1 aromatic carbocycles. The van der Waals surface area contributed by atoms with Crippen LogP contribution in [0.3, 0.4) is 0 Å². The lowest BCUT2D eigenvalue weighted by Crippen LogP contribution is -2.56. The number of aromatic amines is 1. The van der Waals surface area contributed by atoms with E-state index in [0.717, 1.165) is 0 Å². The number of benzene rings is 1. The highest BCUT2D eigenvalue weighted by atomic mass is 35.5. The standard InChI is InChI=1S/C19H23ClF2N6O4/c1-9(2)7-13(17(30)27-28(6-5-14(23)29)19(32)15(20)22)26-18(31)16-24-11-4-3-10(21)8-12(11)25-16/h3-4,8-9,13,15H,5-7H2,1-2H3,(H2,23,29)(H,24,25)(H,26,31)(H,27,30)/t13-,15?/m0/s1. The Kier molecular flexibility index (Phi) is 8.47. The van der Waals surface area contributed by atoms with Crippen LogP contribution in [0.25, 0.3) is 11.0 Å². The normalized spacial score (nSPS) is 12.9. The van der Waals surface area contributed by atoms with Gasteiger partial charge in [0.1, 0.15) is 11.9 Å². The number of halogens is 3. The summed E-state index contributed by atoms with van der Waals surface area (Å²) in [6, 6.07) is 2.59. The van der Waals surface area contributed by atoms with Gasteiger partial charge < -0.3 is 16.0 Å². The maximum absolute atomic E-state index is 13.4. The van der Waals surface area contributed by atoms with Crippen molar-refractivity contribution >= 4 is 46.3 Å². The van der Waals surface area contributed by atoms with E-state index in [-0.39, 0.29) is 24.6 Å². The summed E-state index contributed by atoms with van der Waals surface area (Å²) < 4.78 is 26.7. The van der Waals surface area contributed by atoms with Gasteiger partial charge in [-0.15, -0.1) is 0 Å². The molecular weight excluding hydrogens is 450 g/mol. The van der Waals surface area contributed by atoms with Crippen LogP contribution in [0, 0.1) is 11.7 Å². The van der Waals surface area contributed by atoms with Crippen molar-refractivity contribution in [2.24, 2.45) is 11.7 Å². The van der Waals surface area contributed by atoms with Crippen LogP contribution in [-0.4, -0.2) is 56.8 Å². The second kappa shape index (κ2) is 10.8. The lowest BCUT2D eigenvalue weighted by Gasteiger charge is -2.26. The summed E-state index contributed by atoms with van der Waals surface area (Å²) in [5.74, 6) is -4.41. The molecule has 2 aromatic rings. The van der Waals surface area contributed by atoms with E-state index in [1.807, 2.05) is 0 Å². The fourth-order valence-corrected chi connectivity index (χ4v) is 2.91. The fraction of sp³-hybridized carbons (Fsp3) is 0.421. The molecule has 1 heterocycles. The van der Waals surface area contributed by atoms with Crippen molar-refractivity contribution in [1.29, 1.82) is 0 Å². The van der Waals surface area contributed by atoms with Crippen molar-refractivity contribution in [2.45, 2.75) is 38.4 Å². The molecule has 0 aliphatic carbocycles. The van der Waals surface area contributed by atoms with Crippen LogP contribution in [0.2, 0.25) is 0 Å². The minimum absolute atomic E-state index is 0.0625. The van der Waals surface area contributed by atoms with Gasteiger partial charge in [-0.25, -0.2) is 18.8 Å². The van der Waals surface area contributed by atoms with E-state index in [4.69, 9.17) is 17.3 Å². The van der Waals surface area contributed by atoms with Gasteiger partial charge in [0.15, 0.2) is 5.82 Å². The van der Waals surface area contributed by atoms with E-state index >= 15 is 0 Å². The molecule has 2 rings (SSSR count). The minimum atomic E-state index is -2.46. The number of H-pyrrole nitrogens is 1. The highest BCUT2D eigenvalue weighted by Crippen LogP contribution is 2.14. The number of rotatable bonds is 9. The van der Waals surface area contributed by atoms with Crippen LogP contribution in [0.5, 0.6) is 0 Å². The molecule has 0 aliphatic heterocycles. The molecule has 174 valence electrons. The Morgan fingerprint density at radius 1 is 1.28 bits per heavy atom. The molecule has 4 amide bonds. The number of hydrogen-bond acceptors (Lipinski definition) is 5. The number of nitrogens with zero attached hydrogens (tertiary/aromatic N) is 2. The van der Waals surface area contributed by atoms with Crippen molar-refractivity contribution in [3.8, 4) is 0 Å². The summed E-state index contributed by atoms with van der Waals surface area (Å²) in [5.41, 5.74) is 5.38. The first-order chi connectivity index (χ1) is 15.0. The molecule has 0 saturated carbocycles. The second-order valence-electron chi connectivity index (χ2n) is 7.39. The van der Waals surface area contributed by atoms with Crippen LogP contribution in [-0.2, 0) is 14.4 Å². The number of nitrogens with one attached hydrogen (secondary N) is 3. The topological polar surface area (TPSA) is 150 Å². The zero-order valence-corrected chi connectivity index (χ0v) is 18.1. The third-order valence-electron chi connectivity index (χ3n) is 4.27. The molecule has 0 fully saturated rings. The smallest absolute Gasteiger partial charge is 0.291 e. The molecule has 0 saturated heterocycles. The zero-order valence-electron chi connectivity index (χ0n) is 17.3. The SMILES string of the molecule is CC(C)C[C@H](NC(=O)c1nc2ccc(F)cc2[nH]1)C(=O)NN(CCC(N)=O)C(=O)C(F)Cl. The summed E-state index contributed by atoms with van der Waals surface area (Å²) in [7, 11) is 0. The molecule has 10 nitrogen and oxygen atoms in total. The summed E-state index contributed by atoms with van der Waals surface area (Å²) in [6.45, 7) is 3.18. The highest BCUT2D eigenvalue weighted by Gasteiger charge is 2.29. The molecule has 0 bridgehead atoms. The van der Waals surface area contributed by atoms with Crippen LogP contribution in [0.15, 0.2) is 18.2 Å². The molecule has 0 aliphatic rings. The van der Waals surface area contributed by atoms with Crippen molar-refractivity contribution in [3.63, 3.8) is 0 Å². The van der Waals surface area contributed by atoms with Crippen molar-refractivity contribution in [2.75, 3.05) is 6.54 Å². The van der Waals surface area contributed by atoms with Crippen molar-refractivity contribution in [1.82, 2.24) is 25.7 Å². The Bertz CT molecular complexity index is 1010. The predicted molar refractivity (Wildman–Crippen MR) is 111 cm³/mol. The molecule has 32 heavy (non-hydrogen) atoms.